The van der Waals surface area contributed by atoms with Gasteiger partial charge < -0.3 is 4.42 Å². The Bertz CT molecular complexity index is 2290. The van der Waals surface area contributed by atoms with Gasteiger partial charge in [-0.25, -0.2) is 15.0 Å². The Morgan fingerprint density at radius 2 is 0.902 bits per heavy atom. The maximum Gasteiger partial charge on any atom is 0.164 e. The van der Waals surface area contributed by atoms with Crippen molar-refractivity contribution in [1.29, 1.82) is 0 Å². The number of furan rings is 1. The summed E-state index contributed by atoms with van der Waals surface area (Å²) in [5.74, 6) is 1.91. The van der Waals surface area contributed by atoms with Gasteiger partial charge in [-0.15, -0.1) is 0 Å². The van der Waals surface area contributed by atoms with Crippen LogP contribution in [-0.2, 0) is 0 Å². The summed E-state index contributed by atoms with van der Waals surface area (Å²) >= 11 is 0. The fraction of sp³-hybridized carbons (Fsp3) is 0. The van der Waals surface area contributed by atoms with E-state index in [1.54, 1.807) is 0 Å². The van der Waals surface area contributed by atoms with Crippen molar-refractivity contribution in [3.63, 3.8) is 0 Å². The molecule has 0 spiro atoms. The highest BCUT2D eigenvalue weighted by molar-refractivity contribution is 6.18. The molecule has 4 nitrogen and oxygen atoms in total. The molecule has 0 radical (unpaired) electrons. The third kappa shape index (κ3) is 3.25. The van der Waals surface area contributed by atoms with Crippen molar-refractivity contribution >= 4 is 32.7 Å². The number of benzene rings is 6. The molecule has 0 fully saturated rings. The van der Waals surface area contributed by atoms with E-state index in [0.29, 0.717) is 17.5 Å². The Morgan fingerprint density at radius 3 is 1.76 bits per heavy atom. The van der Waals surface area contributed by atoms with E-state index in [1.807, 2.05) is 60.7 Å². The zero-order chi connectivity index (χ0) is 26.9. The first kappa shape index (κ1) is 22.2. The van der Waals surface area contributed by atoms with E-state index in [-0.39, 0.29) is 0 Å². The second kappa shape index (κ2) is 8.44. The van der Waals surface area contributed by atoms with Crippen molar-refractivity contribution < 1.29 is 4.42 Å². The van der Waals surface area contributed by atoms with Crippen LogP contribution in [0.4, 0.5) is 0 Å². The maximum atomic E-state index is 6.19. The molecule has 1 aliphatic rings. The average Bonchev–Trinajstić information content (AvgIpc) is 3.59. The molecular formula is C37H21N3O. The monoisotopic (exact) mass is 523 g/mol. The van der Waals surface area contributed by atoms with Gasteiger partial charge in [-0.1, -0.05) is 109 Å². The van der Waals surface area contributed by atoms with E-state index >= 15 is 0 Å². The lowest BCUT2D eigenvalue weighted by Crippen LogP contribution is -2.01. The molecule has 2 heterocycles. The summed E-state index contributed by atoms with van der Waals surface area (Å²) in [4.78, 5) is 15.2. The summed E-state index contributed by atoms with van der Waals surface area (Å²) in [5.41, 5.74) is 9.56. The first-order valence-electron chi connectivity index (χ1n) is 13.7. The van der Waals surface area contributed by atoms with Crippen LogP contribution in [0.3, 0.4) is 0 Å². The second-order valence-electron chi connectivity index (χ2n) is 10.4. The number of aromatic nitrogens is 3. The third-order valence-electron chi connectivity index (χ3n) is 8.10. The number of hydrogen-bond donors (Lipinski definition) is 0. The van der Waals surface area contributed by atoms with E-state index < -0.39 is 0 Å². The van der Waals surface area contributed by atoms with Gasteiger partial charge >= 0.3 is 0 Å². The number of fused-ring (bicyclic) bond motifs is 6. The van der Waals surface area contributed by atoms with E-state index in [0.717, 1.165) is 44.0 Å². The van der Waals surface area contributed by atoms with Crippen molar-refractivity contribution in [2.75, 3.05) is 0 Å². The zero-order valence-electron chi connectivity index (χ0n) is 21.9. The highest BCUT2D eigenvalue weighted by atomic mass is 16.3. The quantitative estimate of drug-likeness (QED) is 0.231. The SMILES string of the molecule is c1ccc(-c2nc(-c3ccc4c5c(cccc35)-c3ccccc3-4)nc(-c3cccc4oc5ccccc5c34)n2)cc1. The van der Waals surface area contributed by atoms with Crippen LogP contribution in [-0.4, -0.2) is 15.0 Å². The van der Waals surface area contributed by atoms with Gasteiger partial charge in [0.1, 0.15) is 11.2 Å². The number of rotatable bonds is 3. The Kier molecular flexibility index (Phi) is 4.58. The molecule has 0 saturated carbocycles. The first-order chi connectivity index (χ1) is 20.3. The lowest BCUT2D eigenvalue weighted by molar-refractivity contribution is 0.669. The largest absolute Gasteiger partial charge is 0.456 e. The lowest BCUT2D eigenvalue weighted by Gasteiger charge is -2.12. The highest BCUT2D eigenvalue weighted by Gasteiger charge is 2.24. The molecular weight excluding hydrogens is 502 g/mol. The van der Waals surface area contributed by atoms with Crippen molar-refractivity contribution in [3.05, 3.63) is 127 Å². The summed E-state index contributed by atoms with van der Waals surface area (Å²) in [6.45, 7) is 0. The fourth-order valence-electron chi connectivity index (χ4n) is 6.30. The van der Waals surface area contributed by atoms with Crippen molar-refractivity contribution in [2.45, 2.75) is 0 Å². The van der Waals surface area contributed by atoms with Crippen LogP contribution in [0.25, 0.3) is 89.1 Å². The van der Waals surface area contributed by atoms with Gasteiger partial charge in [-0.2, -0.15) is 0 Å². The van der Waals surface area contributed by atoms with Gasteiger partial charge in [0.25, 0.3) is 0 Å². The Labute approximate surface area is 235 Å². The van der Waals surface area contributed by atoms with Gasteiger partial charge in [-0.05, 0) is 51.2 Å². The predicted octanol–water partition coefficient (Wildman–Crippen LogP) is 9.57. The van der Waals surface area contributed by atoms with Crippen molar-refractivity contribution in [1.82, 2.24) is 15.0 Å². The summed E-state index contributed by atoms with van der Waals surface area (Å²) < 4.78 is 6.19. The molecule has 0 unspecified atom stereocenters. The molecule has 2 aromatic heterocycles. The minimum Gasteiger partial charge on any atom is -0.456 e. The average molecular weight is 524 g/mol. The molecule has 6 aromatic carbocycles. The zero-order valence-corrected chi connectivity index (χ0v) is 21.9. The summed E-state index contributed by atoms with van der Waals surface area (Å²) in [6.07, 6.45) is 0. The van der Waals surface area contributed by atoms with Gasteiger partial charge in [0.05, 0.1) is 0 Å². The number of hydrogen-bond acceptors (Lipinski definition) is 4. The van der Waals surface area contributed by atoms with Crippen LogP contribution in [0.2, 0.25) is 0 Å². The van der Waals surface area contributed by atoms with Crippen LogP contribution < -0.4 is 0 Å². The minimum absolute atomic E-state index is 0.623. The second-order valence-corrected chi connectivity index (χ2v) is 10.4. The van der Waals surface area contributed by atoms with Gasteiger partial charge in [0.15, 0.2) is 17.5 Å². The highest BCUT2D eigenvalue weighted by Crippen LogP contribution is 2.49. The van der Waals surface area contributed by atoms with Crippen LogP contribution in [0, 0.1) is 0 Å². The van der Waals surface area contributed by atoms with Crippen LogP contribution in [0.15, 0.2) is 132 Å². The lowest BCUT2D eigenvalue weighted by atomic mass is 9.98. The first-order valence-corrected chi connectivity index (χ1v) is 13.7. The molecule has 0 N–H and O–H groups in total. The molecule has 8 aromatic rings. The molecule has 190 valence electrons. The third-order valence-corrected chi connectivity index (χ3v) is 8.10. The Morgan fingerprint density at radius 1 is 0.341 bits per heavy atom. The van der Waals surface area contributed by atoms with Crippen LogP contribution in [0.1, 0.15) is 0 Å². The van der Waals surface area contributed by atoms with Crippen molar-refractivity contribution in [2.24, 2.45) is 0 Å². The fourth-order valence-corrected chi connectivity index (χ4v) is 6.30. The van der Waals surface area contributed by atoms with E-state index in [2.05, 4.69) is 66.7 Å². The van der Waals surface area contributed by atoms with Gasteiger partial charge in [-0.3, -0.25) is 0 Å². The molecule has 0 bridgehead atoms. The van der Waals surface area contributed by atoms with E-state index in [1.165, 1.54) is 27.6 Å². The van der Waals surface area contributed by atoms with E-state index in [9.17, 15) is 0 Å². The number of para-hydroxylation sites is 1. The standard InChI is InChI=1S/C37H21N3O/c1-2-10-22(11-3-1)35-38-36(28-21-20-27-24-13-5-4-12-23(24)25-15-8-16-26(28)33(25)27)40-37(39-35)30-17-9-19-32-34(30)29-14-6-7-18-31(29)41-32/h1-21H. The van der Waals surface area contributed by atoms with Gasteiger partial charge in [0, 0.05) is 27.5 Å². The van der Waals surface area contributed by atoms with Gasteiger partial charge in [0.2, 0.25) is 0 Å². The smallest absolute Gasteiger partial charge is 0.164 e. The van der Waals surface area contributed by atoms with E-state index in [4.69, 9.17) is 19.4 Å². The molecule has 1 aliphatic carbocycles. The molecule has 41 heavy (non-hydrogen) atoms. The molecule has 0 atom stereocenters. The molecule has 9 rings (SSSR count). The molecule has 0 amide bonds. The summed E-state index contributed by atoms with van der Waals surface area (Å²) in [5, 5.41) is 4.44. The maximum absolute atomic E-state index is 6.19. The summed E-state index contributed by atoms with van der Waals surface area (Å²) in [6, 6.07) is 43.8. The molecule has 0 saturated heterocycles. The van der Waals surface area contributed by atoms with Crippen LogP contribution >= 0.6 is 0 Å². The summed E-state index contributed by atoms with van der Waals surface area (Å²) in [7, 11) is 0. The minimum atomic E-state index is 0.623. The molecule has 0 aliphatic heterocycles. The van der Waals surface area contributed by atoms with Crippen LogP contribution in [0.5, 0.6) is 0 Å². The normalized spacial score (nSPS) is 11.9. The Hall–Kier alpha value is -5.61. The topological polar surface area (TPSA) is 51.8 Å². The number of nitrogens with zero attached hydrogens (tertiary/aromatic N) is 3. The predicted molar refractivity (Wildman–Crippen MR) is 165 cm³/mol. The van der Waals surface area contributed by atoms with Crippen molar-refractivity contribution in [3.8, 4) is 56.4 Å². The molecule has 4 heteroatoms. The Balaban J connectivity index is 1.34.